The number of hydrogen-bond acceptors (Lipinski definition) is 4. The molecule has 2 aliphatic carbocycles. The molecule has 0 bridgehead atoms. The van der Waals surface area contributed by atoms with E-state index in [1.807, 2.05) is 0 Å². The van der Waals surface area contributed by atoms with Crippen molar-refractivity contribution >= 4 is 17.6 Å². The number of amides is 2. The summed E-state index contributed by atoms with van der Waals surface area (Å²) in [5.41, 5.74) is 4.73. The third-order valence-electron chi connectivity index (χ3n) is 3.90. The maximum absolute atomic E-state index is 12.0. The summed E-state index contributed by atoms with van der Waals surface area (Å²) in [6.07, 6.45) is 4.02. The van der Waals surface area contributed by atoms with Crippen LogP contribution in [-0.2, 0) is 9.59 Å². The van der Waals surface area contributed by atoms with Crippen LogP contribution in [0.1, 0.15) is 32.1 Å². The molecule has 2 aliphatic rings. The summed E-state index contributed by atoms with van der Waals surface area (Å²) in [4.78, 5) is 23.4. The molecule has 5 N–H and O–H groups in total. The Bertz CT molecular complexity index is 400. The van der Waals surface area contributed by atoms with Crippen LogP contribution in [0.15, 0.2) is 5.16 Å². The van der Waals surface area contributed by atoms with E-state index in [2.05, 4.69) is 15.8 Å². The lowest BCUT2D eigenvalue weighted by Crippen LogP contribution is -2.54. The number of nitrogens with two attached hydrogens (primary N) is 1. The molecule has 2 fully saturated rings. The van der Waals surface area contributed by atoms with Gasteiger partial charge < -0.3 is 21.6 Å². The van der Waals surface area contributed by atoms with Crippen LogP contribution < -0.4 is 16.4 Å². The first-order valence-corrected chi connectivity index (χ1v) is 6.64. The Kier molecular flexibility index (Phi) is 3.92. The fourth-order valence-corrected chi connectivity index (χ4v) is 2.25. The van der Waals surface area contributed by atoms with E-state index >= 15 is 0 Å². The van der Waals surface area contributed by atoms with Gasteiger partial charge in [0.1, 0.15) is 5.41 Å². The molecule has 2 amide bonds. The lowest BCUT2D eigenvalue weighted by molar-refractivity contribution is -0.131. The van der Waals surface area contributed by atoms with Gasteiger partial charge in [0.25, 0.3) is 0 Å². The number of amidine groups is 1. The maximum atomic E-state index is 12.0. The maximum Gasteiger partial charge on any atom is 0.234 e. The summed E-state index contributed by atoms with van der Waals surface area (Å²) in [6.45, 7) is 0.769. The van der Waals surface area contributed by atoms with Crippen LogP contribution in [-0.4, -0.2) is 35.9 Å². The Morgan fingerprint density at radius 2 is 1.89 bits per heavy atom. The van der Waals surface area contributed by atoms with Crippen molar-refractivity contribution in [1.29, 1.82) is 0 Å². The van der Waals surface area contributed by atoms with Gasteiger partial charge in [-0.1, -0.05) is 11.6 Å². The average molecular weight is 268 g/mol. The first-order chi connectivity index (χ1) is 9.10. The molecular formula is C12H20N4O3. The Labute approximate surface area is 111 Å². The zero-order valence-electron chi connectivity index (χ0n) is 10.8. The standard InChI is InChI=1S/C12H20N4O3/c13-10(16-19)12(4-1-5-12)11(18)15-7-6-14-9(17)8-2-3-8/h8,19H,1-7H2,(H2,13,16)(H,14,17)(H,15,18). The fraction of sp³-hybridized carbons (Fsp3) is 0.750. The third-order valence-corrected chi connectivity index (χ3v) is 3.90. The van der Waals surface area contributed by atoms with Crippen molar-refractivity contribution in [1.82, 2.24) is 10.6 Å². The number of rotatable bonds is 6. The first-order valence-electron chi connectivity index (χ1n) is 6.64. The second-order valence-electron chi connectivity index (χ2n) is 5.24. The van der Waals surface area contributed by atoms with Gasteiger partial charge in [-0.2, -0.15) is 0 Å². The molecule has 0 unspecified atom stereocenters. The minimum Gasteiger partial charge on any atom is -0.409 e. The van der Waals surface area contributed by atoms with E-state index in [9.17, 15) is 9.59 Å². The van der Waals surface area contributed by atoms with Crippen LogP contribution in [0.2, 0.25) is 0 Å². The van der Waals surface area contributed by atoms with Crippen LogP contribution in [0, 0.1) is 11.3 Å². The summed E-state index contributed by atoms with van der Waals surface area (Å²) in [6, 6.07) is 0. The molecule has 7 nitrogen and oxygen atoms in total. The van der Waals surface area contributed by atoms with Gasteiger partial charge in [0.15, 0.2) is 5.84 Å². The highest BCUT2D eigenvalue weighted by Gasteiger charge is 2.48. The number of hydrogen-bond donors (Lipinski definition) is 4. The van der Waals surface area contributed by atoms with Gasteiger partial charge in [-0.3, -0.25) is 9.59 Å². The highest BCUT2D eigenvalue weighted by atomic mass is 16.4. The van der Waals surface area contributed by atoms with Gasteiger partial charge in [-0.15, -0.1) is 0 Å². The van der Waals surface area contributed by atoms with Crippen LogP contribution in [0.25, 0.3) is 0 Å². The van der Waals surface area contributed by atoms with E-state index in [0.29, 0.717) is 25.9 Å². The first kappa shape index (κ1) is 13.6. The highest BCUT2D eigenvalue weighted by Crippen LogP contribution is 2.41. The molecule has 7 heteroatoms. The predicted molar refractivity (Wildman–Crippen MR) is 68.4 cm³/mol. The Hall–Kier alpha value is -1.79. The molecule has 2 saturated carbocycles. The molecule has 106 valence electrons. The van der Waals surface area contributed by atoms with Crippen molar-refractivity contribution in [3.05, 3.63) is 0 Å². The van der Waals surface area contributed by atoms with Crippen molar-refractivity contribution in [2.24, 2.45) is 22.2 Å². The number of carbonyl (C=O) groups is 2. The fourth-order valence-electron chi connectivity index (χ4n) is 2.25. The van der Waals surface area contributed by atoms with E-state index in [1.165, 1.54) is 0 Å². The molecule has 0 aromatic rings. The number of nitrogens with one attached hydrogen (secondary N) is 2. The van der Waals surface area contributed by atoms with Gasteiger partial charge in [-0.05, 0) is 25.7 Å². The van der Waals surface area contributed by atoms with Crippen molar-refractivity contribution in [3.63, 3.8) is 0 Å². The zero-order chi connectivity index (χ0) is 13.9. The number of nitrogens with zero attached hydrogens (tertiary/aromatic N) is 1. The highest BCUT2D eigenvalue weighted by molar-refractivity contribution is 6.07. The molecule has 0 radical (unpaired) electrons. The quantitative estimate of drug-likeness (QED) is 0.171. The van der Waals surface area contributed by atoms with Crippen molar-refractivity contribution in [2.75, 3.05) is 13.1 Å². The number of oxime groups is 1. The summed E-state index contributed by atoms with van der Waals surface area (Å²) in [5, 5.41) is 17.2. The van der Waals surface area contributed by atoms with E-state index < -0.39 is 5.41 Å². The number of carbonyl (C=O) groups excluding carboxylic acids is 2. The summed E-state index contributed by atoms with van der Waals surface area (Å²) >= 11 is 0. The van der Waals surface area contributed by atoms with Gasteiger partial charge >= 0.3 is 0 Å². The smallest absolute Gasteiger partial charge is 0.234 e. The SMILES string of the molecule is NC(=NO)C1(C(=O)NCCNC(=O)C2CC2)CCC1. The van der Waals surface area contributed by atoms with Crippen LogP contribution in [0.4, 0.5) is 0 Å². The normalized spacial score (nSPS) is 21.4. The molecule has 0 heterocycles. The largest absolute Gasteiger partial charge is 0.409 e. The topological polar surface area (TPSA) is 117 Å². The molecule has 0 atom stereocenters. The lowest BCUT2D eigenvalue weighted by atomic mass is 9.67. The van der Waals surface area contributed by atoms with E-state index in [-0.39, 0.29) is 23.6 Å². The second kappa shape index (κ2) is 5.46. The van der Waals surface area contributed by atoms with Crippen LogP contribution in [0.3, 0.4) is 0 Å². The molecule has 0 saturated heterocycles. The Morgan fingerprint density at radius 1 is 1.26 bits per heavy atom. The van der Waals surface area contributed by atoms with Crippen LogP contribution in [0.5, 0.6) is 0 Å². The summed E-state index contributed by atoms with van der Waals surface area (Å²) < 4.78 is 0. The monoisotopic (exact) mass is 268 g/mol. The van der Waals surface area contributed by atoms with E-state index in [1.54, 1.807) is 0 Å². The molecule has 0 spiro atoms. The van der Waals surface area contributed by atoms with Gasteiger partial charge in [-0.25, -0.2) is 0 Å². The molecule has 0 aliphatic heterocycles. The molecular weight excluding hydrogens is 248 g/mol. The van der Waals surface area contributed by atoms with Crippen LogP contribution >= 0.6 is 0 Å². The van der Waals surface area contributed by atoms with E-state index in [0.717, 1.165) is 19.3 Å². The van der Waals surface area contributed by atoms with Crippen molar-refractivity contribution in [2.45, 2.75) is 32.1 Å². The average Bonchev–Trinajstić information content (AvgIpc) is 3.16. The molecule has 19 heavy (non-hydrogen) atoms. The zero-order valence-corrected chi connectivity index (χ0v) is 10.8. The second-order valence-corrected chi connectivity index (χ2v) is 5.24. The third kappa shape index (κ3) is 2.80. The summed E-state index contributed by atoms with van der Waals surface area (Å²) in [7, 11) is 0. The summed E-state index contributed by atoms with van der Waals surface area (Å²) in [5.74, 6) is -0.0251. The molecule has 0 aromatic heterocycles. The molecule has 0 aromatic carbocycles. The molecule has 2 rings (SSSR count). The van der Waals surface area contributed by atoms with Crippen molar-refractivity contribution < 1.29 is 14.8 Å². The van der Waals surface area contributed by atoms with Crippen molar-refractivity contribution in [3.8, 4) is 0 Å². The lowest BCUT2D eigenvalue weighted by Gasteiger charge is -2.38. The minimum absolute atomic E-state index is 0.0294. The van der Waals surface area contributed by atoms with E-state index in [4.69, 9.17) is 10.9 Å². The van der Waals surface area contributed by atoms with Gasteiger partial charge in [0.2, 0.25) is 11.8 Å². The minimum atomic E-state index is -0.852. The Morgan fingerprint density at radius 3 is 2.37 bits per heavy atom. The van der Waals surface area contributed by atoms with Gasteiger partial charge in [0.05, 0.1) is 0 Å². The van der Waals surface area contributed by atoms with Gasteiger partial charge in [0, 0.05) is 19.0 Å². The Balaban J connectivity index is 1.72. The predicted octanol–water partition coefficient (Wildman–Crippen LogP) is -0.454.